The maximum Gasteiger partial charge on any atom is 0.155 e. The Hall–Kier alpha value is -0.410. The van der Waals surface area contributed by atoms with Crippen LogP contribution in [-0.2, 0) is 4.79 Å². The van der Waals surface area contributed by atoms with Crippen molar-refractivity contribution in [2.45, 2.75) is 46.7 Å². The van der Waals surface area contributed by atoms with E-state index in [2.05, 4.69) is 0 Å². The Labute approximate surface area is 80.9 Å². The van der Waals surface area contributed by atoms with E-state index in [0.29, 0.717) is 0 Å². The van der Waals surface area contributed by atoms with Crippen LogP contribution in [-0.4, -0.2) is 17.9 Å². The second kappa shape index (κ2) is 4.20. The lowest BCUT2D eigenvalue weighted by Crippen LogP contribution is -2.48. The van der Waals surface area contributed by atoms with E-state index in [1.54, 1.807) is 0 Å². The zero-order chi connectivity index (χ0) is 10.8. The van der Waals surface area contributed by atoms with Crippen molar-refractivity contribution in [3.8, 4) is 0 Å². The predicted molar refractivity (Wildman–Crippen MR) is 55.3 cm³/mol. The molecule has 0 aromatic carbocycles. The van der Waals surface area contributed by atoms with Gasteiger partial charge in [-0.05, 0) is 12.8 Å². The average Bonchev–Trinajstić information content (AvgIpc) is 1.98. The monoisotopic (exact) mass is 186 g/mol. The normalized spacial score (nSPS) is 19.3. The van der Waals surface area contributed by atoms with Gasteiger partial charge in [-0.25, -0.2) is 0 Å². The van der Waals surface area contributed by atoms with Crippen LogP contribution in [0, 0.1) is 11.3 Å². The number of ketones is 1. The van der Waals surface area contributed by atoms with Gasteiger partial charge in [0.25, 0.3) is 0 Å². The van der Waals surface area contributed by atoms with Crippen LogP contribution in [0.3, 0.4) is 0 Å². The molecule has 3 heteroatoms. The van der Waals surface area contributed by atoms with Gasteiger partial charge in [0.15, 0.2) is 5.78 Å². The molecule has 0 spiro atoms. The summed E-state index contributed by atoms with van der Waals surface area (Å²) >= 11 is 0. The first-order valence-corrected chi connectivity index (χ1v) is 4.73. The Morgan fingerprint density at radius 1 is 1.15 bits per heavy atom. The van der Waals surface area contributed by atoms with Crippen LogP contribution in [0.1, 0.15) is 34.6 Å². The van der Waals surface area contributed by atoms with Crippen molar-refractivity contribution in [1.82, 2.24) is 0 Å². The van der Waals surface area contributed by atoms with Crippen LogP contribution in [0.5, 0.6) is 0 Å². The molecule has 0 aliphatic heterocycles. The van der Waals surface area contributed by atoms with E-state index in [9.17, 15) is 4.79 Å². The number of Topliss-reactive ketones (excluding diaryl/α,β-unsaturated/α-hetero) is 1. The molecule has 13 heavy (non-hydrogen) atoms. The molecule has 0 saturated heterocycles. The third kappa shape index (κ3) is 3.44. The molecule has 0 aromatic heterocycles. The summed E-state index contributed by atoms with van der Waals surface area (Å²) in [6.45, 7) is 9.43. The van der Waals surface area contributed by atoms with Gasteiger partial charge < -0.3 is 11.5 Å². The highest BCUT2D eigenvalue weighted by Crippen LogP contribution is 2.20. The van der Waals surface area contributed by atoms with Crippen LogP contribution in [0.4, 0.5) is 0 Å². The molecule has 0 heterocycles. The molecule has 3 atom stereocenters. The van der Waals surface area contributed by atoms with E-state index >= 15 is 0 Å². The Morgan fingerprint density at radius 2 is 1.54 bits per heavy atom. The maximum atomic E-state index is 11.7. The minimum atomic E-state index is -0.444. The molecule has 0 radical (unpaired) electrons. The SMILES string of the molecule is CC(N)C(C)C(N)C(=O)C(C)(C)C. The molecular formula is C10H22N2O. The smallest absolute Gasteiger partial charge is 0.155 e. The second-order valence-corrected chi connectivity index (χ2v) is 4.86. The molecule has 0 rings (SSSR count). The Balaban J connectivity index is 4.44. The van der Waals surface area contributed by atoms with E-state index in [4.69, 9.17) is 11.5 Å². The number of carbonyl (C=O) groups excluding carboxylic acids is 1. The number of rotatable bonds is 3. The van der Waals surface area contributed by atoms with Crippen molar-refractivity contribution in [1.29, 1.82) is 0 Å². The van der Waals surface area contributed by atoms with Gasteiger partial charge in [0, 0.05) is 11.5 Å². The number of hydrogen-bond donors (Lipinski definition) is 2. The number of nitrogens with two attached hydrogens (primary N) is 2. The summed E-state index contributed by atoms with van der Waals surface area (Å²) in [6.07, 6.45) is 0. The van der Waals surface area contributed by atoms with Gasteiger partial charge in [0.05, 0.1) is 6.04 Å². The van der Waals surface area contributed by atoms with E-state index in [-0.39, 0.29) is 23.2 Å². The minimum absolute atomic E-state index is 0.0340. The Morgan fingerprint density at radius 3 is 1.77 bits per heavy atom. The van der Waals surface area contributed by atoms with Gasteiger partial charge in [0.1, 0.15) is 0 Å². The van der Waals surface area contributed by atoms with E-state index in [1.165, 1.54) is 0 Å². The van der Waals surface area contributed by atoms with Crippen molar-refractivity contribution in [3.05, 3.63) is 0 Å². The van der Waals surface area contributed by atoms with Gasteiger partial charge in [-0.2, -0.15) is 0 Å². The summed E-state index contributed by atoms with van der Waals surface area (Å²) in [6, 6.07) is -0.485. The van der Waals surface area contributed by atoms with Crippen LogP contribution in [0.2, 0.25) is 0 Å². The standard InChI is InChI=1S/C10H22N2O/c1-6(7(2)11)8(12)9(13)10(3,4)5/h6-8H,11-12H2,1-5H3. The average molecular weight is 186 g/mol. The van der Waals surface area contributed by atoms with Gasteiger partial charge in [0.2, 0.25) is 0 Å². The molecule has 3 nitrogen and oxygen atoms in total. The molecule has 0 aliphatic rings. The second-order valence-electron chi connectivity index (χ2n) is 4.86. The first kappa shape index (κ1) is 12.6. The molecule has 0 bridgehead atoms. The van der Waals surface area contributed by atoms with Crippen LogP contribution in [0.15, 0.2) is 0 Å². The highest BCUT2D eigenvalue weighted by atomic mass is 16.1. The van der Waals surface area contributed by atoms with E-state index in [1.807, 2.05) is 34.6 Å². The summed E-state index contributed by atoms with van der Waals surface area (Å²) < 4.78 is 0. The molecule has 3 unspecified atom stereocenters. The summed E-state index contributed by atoms with van der Waals surface area (Å²) in [4.78, 5) is 11.7. The minimum Gasteiger partial charge on any atom is -0.328 e. The summed E-state index contributed by atoms with van der Waals surface area (Å²) in [5.41, 5.74) is 11.1. The molecule has 0 fully saturated rings. The fourth-order valence-electron chi connectivity index (χ4n) is 1.07. The van der Waals surface area contributed by atoms with Gasteiger partial charge in [-0.15, -0.1) is 0 Å². The van der Waals surface area contributed by atoms with Crippen molar-refractivity contribution in [3.63, 3.8) is 0 Å². The lowest BCUT2D eigenvalue weighted by Gasteiger charge is -2.27. The van der Waals surface area contributed by atoms with Gasteiger partial charge in [-0.1, -0.05) is 27.7 Å². The zero-order valence-electron chi connectivity index (χ0n) is 9.29. The predicted octanol–water partition coefficient (Wildman–Crippen LogP) is 0.912. The lowest BCUT2D eigenvalue weighted by atomic mass is 9.81. The van der Waals surface area contributed by atoms with Crippen LogP contribution < -0.4 is 11.5 Å². The summed E-state index contributed by atoms with van der Waals surface area (Å²) in [5.74, 6) is 0.115. The third-order valence-electron chi connectivity index (χ3n) is 2.44. The van der Waals surface area contributed by atoms with Gasteiger partial charge in [-0.3, -0.25) is 4.79 Å². The maximum absolute atomic E-state index is 11.7. The third-order valence-corrected chi connectivity index (χ3v) is 2.44. The quantitative estimate of drug-likeness (QED) is 0.688. The topological polar surface area (TPSA) is 69.1 Å². The van der Waals surface area contributed by atoms with Crippen molar-refractivity contribution in [2.24, 2.45) is 22.8 Å². The number of carbonyl (C=O) groups is 1. The lowest BCUT2D eigenvalue weighted by molar-refractivity contribution is -0.128. The highest BCUT2D eigenvalue weighted by molar-refractivity contribution is 5.88. The molecular weight excluding hydrogens is 164 g/mol. The molecule has 78 valence electrons. The van der Waals surface area contributed by atoms with Crippen molar-refractivity contribution in [2.75, 3.05) is 0 Å². The zero-order valence-corrected chi connectivity index (χ0v) is 9.29. The molecule has 0 amide bonds. The van der Waals surface area contributed by atoms with E-state index in [0.717, 1.165) is 0 Å². The molecule has 4 N–H and O–H groups in total. The molecule has 0 saturated carbocycles. The first-order chi connectivity index (χ1) is 5.68. The summed E-state index contributed by atoms with van der Waals surface area (Å²) in [5, 5.41) is 0. The molecule has 0 aromatic rings. The van der Waals surface area contributed by atoms with Crippen molar-refractivity contribution < 1.29 is 4.79 Å². The largest absolute Gasteiger partial charge is 0.328 e. The van der Waals surface area contributed by atoms with Crippen molar-refractivity contribution >= 4 is 5.78 Å². The highest BCUT2D eigenvalue weighted by Gasteiger charge is 2.31. The number of hydrogen-bond acceptors (Lipinski definition) is 3. The molecule has 0 aliphatic carbocycles. The Kier molecular flexibility index (Phi) is 4.07. The fourth-order valence-corrected chi connectivity index (χ4v) is 1.07. The Bertz CT molecular complexity index is 182. The van der Waals surface area contributed by atoms with Gasteiger partial charge >= 0.3 is 0 Å². The van der Waals surface area contributed by atoms with Crippen LogP contribution >= 0.6 is 0 Å². The summed E-state index contributed by atoms with van der Waals surface area (Å²) in [7, 11) is 0. The van der Waals surface area contributed by atoms with Crippen LogP contribution in [0.25, 0.3) is 0 Å². The first-order valence-electron chi connectivity index (χ1n) is 4.73. The fraction of sp³-hybridized carbons (Fsp3) is 0.900. The van der Waals surface area contributed by atoms with E-state index < -0.39 is 6.04 Å².